The van der Waals surface area contributed by atoms with Crippen LogP contribution in [0.15, 0.2) is 33.5 Å². The summed E-state index contributed by atoms with van der Waals surface area (Å²) in [6, 6.07) is 6.20. The van der Waals surface area contributed by atoms with Gasteiger partial charge in [0.1, 0.15) is 17.0 Å². The fourth-order valence-corrected chi connectivity index (χ4v) is 2.89. The lowest BCUT2D eigenvalue weighted by atomic mass is 10.1. The van der Waals surface area contributed by atoms with Gasteiger partial charge >= 0.3 is 17.6 Å². The number of aromatic amines is 1. The van der Waals surface area contributed by atoms with Gasteiger partial charge in [-0.25, -0.2) is 14.4 Å². The fraction of sp³-hybridized carbons (Fsp3) is 0.211. The van der Waals surface area contributed by atoms with Gasteiger partial charge in [0, 0.05) is 23.2 Å². The van der Waals surface area contributed by atoms with Crippen LogP contribution in [0.25, 0.3) is 11.0 Å². The van der Waals surface area contributed by atoms with E-state index >= 15 is 0 Å². The molecule has 7 nitrogen and oxygen atoms in total. The van der Waals surface area contributed by atoms with Gasteiger partial charge < -0.3 is 18.9 Å². The Bertz CT molecular complexity index is 1090. The van der Waals surface area contributed by atoms with Crippen molar-refractivity contribution in [3.63, 3.8) is 0 Å². The van der Waals surface area contributed by atoms with E-state index in [0.29, 0.717) is 22.4 Å². The van der Waals surface area contributed by atoms with Crippen LogP contribution in [0.4, 0.5) is 0 Å². The molecule has 0 atom stereocenters. The van der Waals surface area contributed by atoms with Crippen LogP contribution in [0.3, 0.4) is 0 Å². The van der Waals surface area contributed by atoms with Crippen molar-refractivity contribution in [2.75, 3.05) is 7.11 Å². The van der Waals surface area contributed by atoms with E-state index in [9.17, 15) is 14.4 Å². The van der Waals surface area contributed by atoms with E-state index in [4.69, 9.17) is 13.9 Å². The summed E-state index contributed by atoms with van der Waals surface area (Å²) in [6.45, 7) is 5.10. The maximum Gasteiger partial charge on any atom is 0.360 e. The summed E-state index contributed by atoms with van der Waals surface area (Å²) in [6.07, 6.45) is 0. The van der Waals surface area contributed by atoms with Crippen LogP contribution in [0.5, 0.6) is 5.75 Å². The van der Waals surface area contributed by atoms with Crippen molar-refractivity contribution in [1.29, 1.82) is 0 Å². The molecule has 0 saturated heterocycles. The summed E-state index contributed by atoms with van der Waals surface area (Å²) < 4.78 is 15.2. The van der Waals surface area contributed by atoms with E-state index in [2.05, 4.69) is 4.98 Å². The molecule has 1 aromatic carbocycles. The molecule has 0 amide bonds. The molecule has 3 aromatic rings. The summed E-state index contributed by atoms with van der Waals surface area (Å²) in [5, 5.41) is 0.754. The van der Waals surface area contributed by atoms with Crippen molar-refractivity contribution in [3.8, 4) is 5.75 Å². The van der Waals surface area contributed by atoms with Crippen LogP contribution < -0.4 is 10.4 Å². The number of benzene rings is 1. The molecule has 0 unspecified atom stereocenters. The molecule has 0 spiro atoms. The lowest BCUT2D eigenvalue weighted by Gasteiger charge is -2.06. The first-order valence-corrected chi connectivity index (χ1v) is 7.86. The van der Waals surface area contributed by atoms with Gasteiger partial charge in [0.2, 0.25) is 0 Å². The topological polar surface area (TPSA) is 98.6 Å². The molecule has 1 N–H and O–H groups in total. The van der Waals surface area contributed by atoms with Gasteiger partial charge in [-0.1, -0.05) is 0 Å². The number of fused-ring (bicyclic) bond motifs is 1. The van der Waals surface area contributed by atoms with Gasteiger partial charge in [-0.2, -0.15) is 0 Å². The molecule has 7 heteroatoms. The van der Waals surface area contributed by atoms with Crippen LogP contribution in [0.1, 0.15) is 37.7 Å². The second-order valence-corrected chi connectivity index (χ2v) is 5.91. The number of esters is 2. The van der Waals surface area contributed by atoms with Crippen molar-refractivity contribution in [2.45, 2.75) is 20.8 Å². The normalized spacial score (nSPS) is 10.8. The summed E-state index contributed by atoms with van der Waals surface area (Å²) in [7, 11) is 1.27. The maximum absolute atomic E-state index is 12.5. The number of ether oxygens (including phenoxy) is 2. The number of aryl methyl sites for hydroxylation is 2. The van der Waals surface area contributed by atoms with Crippen LogP contribution in [0, 0.1) is 20.8 Å². The number of methoxy groups -OCH3 is 1. The SMILES string of the molecule is COC(=O)c1c(C)[nH]c(C(=O)Oc2ccc3c(C)cc(=O)oc3c2)c1C. The van der Waals surface area contributed by atoms with Crippen LogP contribution in [0.2, 0.25) is 0 Å². The minimum Gasteiger partial charge on any atom is -0.465 e. The van der Waals surface area contributed by atoms with Crippen molar-refractivity contribution in [3.05, 3.63) is 62.8 Å². The average Bonchev–Trinajstić information content (AvgIpc) is 2.88. The highest BCUT2D eigenvalue weighted by atomic mass is 16.5. The molecule has 0 aliphatic carbocycles. The average molecular weight is 355 g/mol. The van der Waals surface area contributed by atoms with E-state index in [-0.39, 0.29) is 11.4 Å². The molecule has 2 heterocycles. The monoisotopic (exact) mass is 355 g/mol. The predicted molar refractivity (Wildman–Crippen MR) is 93.8 cm³/mol. The Kier molecular flexibility index (Phi) is 4.38. The molecule has 2 aromatic heterocycles. The van der Waals surface area contributed by atoms with Gasteiger partial charge in [-0.15, -0.1) is 0 Å². The van der Waals surface area contributed by atoms with Crippen LogP contribution >= 0.6 is 0 Å². The Balaban J connectivity index is 1.95. The minimum absolute atomic E-state index is 0.161. The molecule has 0 radical (unpaired) electrons. The fourth-order valence-electron chi connectivity index (χ4n) is 2.89. The first-order chi connectivity index (χ1) is 12.3. The first kappa shape index (κ1) is 17.5. The number of rotatable bonds is 3. The summed E-state index contributed by atoms with van der Waals surface area (Å²) in [4.78, 5) is 38.7. The van der Waals surface area contributed by atoms with Crippen LogP contribution in [-0.2, 0) is 4.74 Å². The van der Waals surface area contributed by atoms with E-state index in [1.165, 1.54) is 19.2 Å². The van der Waals surface area contributed by atoms with Crippen molar-refractivity contribution >= 4 is 22.9 Å². The largest absolute Gasteiger partial charge is 0.465 e. The molecule has 0 aliphatic rings. The van der Waals surface area contributed by atoms with Crippen molar-refractivity contribution in [1.82, 2.24) is 4.98 Å². The van der Waals surface area contributed by atoms with Crippen molar-refractivity contribution < 1.29 is 23.5 Å². The number of carbonyl (C=O) groups excluding carboxylic acids is 2. The third-order valence-electron chi connectivity index (χ3n) is 4.16. The first-order valence-electron chi connectivity index (χ1n) is 7.86. The number of hydrogen-bond acceptors (Lipinski definition) is 6. The highest BCUT2D eigenvalue weighted by Crippen LogP contribution is 2.24. The minimum atomic E-state index is -0.657. The Hall–Kier alpha value is -3.35. The molecule has 0 bridgehead atoms. The van der Waals surface area contributed by atoms with E-state index in [0.717, 1.165) is 10.9 Å². The Morgan fingerprint density at radius 1 is 1.08 bits per heavy atom. The smallest absolute Gasteiger partial charge is 0.360 e. The lowest BCUT2D eigenvalue weighted by Crippen LogP contribution is -2.11. The van der Waals surface area contributed by atoms with Gasteiger partial charge in [0.05, 0.1) is 12.7 Å². The molecule has 3 rings (SSSR count). The second kappa shape index (κ2) is 6.51. The van der Waals surface area contributed by atoms with E-state index in [1.54, 1.807) is 32.9 Å². The number of nitrogens with one attached hydrogen (secondary N) is 1. The Morgan fingerprint density at radius 2 is 1.81 bits per heavy atom. The molecule has 0 aliphatic heterocycles. The van der Waals surface area contributed by atoms with Gasteiger partial charge in [-0.3, -0.25) is 0 Å². The number of carbonyl (C=O) groups is 2. The van der Waals surface area contributed by atoms with E-state index < -0.39 is 17.6 Å². The van der Waals surface area contributed by atoms with Gasteiger partial charge in [0.25, 0.3) is 0 Å². The van der Waals surface area contributed by atoms with Gasteiger partial charge in [-0.05, 0) is 44.0 Å². The van der Waals surface area contributed by atoms with Crippen LogP contribution in [-0.4, -0.2) is 24.0 Å². The summed E-state index contributed by atoms with van der Waals surface area (Å²) in [5.41, 5.74) is 2.05. The van der Waals surface area contributed by atoms with Gasteiger partial charge in [0.15, 0.2) is 0 Å². The zero-order valence-corrected chi connectivity index (χ0v) is 14.8. The molecular weight excluding hydrogens is 338 g/mol. The summed E-state index contributed by atoms with van der Waals surface area (Å²) >= 11 is 0. The molecule has 26 heavy (non-hydrogen) atoms. The third kappa shape index (κ3) is 2.99. The molecule has 0 fully saturated rings. The zero-order chi connectivity index (χ0) is 19.0. The standard InChI is InChI=1S/C19H17NO6/c1-9-7-15(21)26-14-8-12(5-6-13(9)14)25-19(23)17-10(2)16(11(3)20-17)18(22)24-4/h5-8,20H,1-4H3. The third-order valence-corrected chi connectivity index (χ3v) is 4.16. The van der Waals surface area contributed by atoms with E-state index in [1.807, 2.05) is 0 Å². The Morgan fingerprint density at radius 3 is 2.50 bits per heavy atom. The Labute approximate surface area is 148 Å². The molecular formula is C19H17NO6. The lowest BCUT2D eigenvalue weighted by molar-refractivity contribution is 0.0599. The highest BCUT2D eigenvalue weighted by Gasteiger charge is 2.23. The van der Waals surface area contributed by atoms with Crippen molar-refractivity contribution in [2.24, 2.45) is 0 Å². The highest BCUT2D eigenvalue weighted by molar-refractivity contribution is 5.99. The predicted octanol–water partition coefficient (Wildman–Crippen LogP) is 3.05. The number of aromatic nitrogens is 1. The molecule has 0 saturated carbocycles. The zero-order valence-electron chi connectivity index (χ0n) is 14.8. The maximum atomic E-state index is 12.5. The summed E-state index contributed by atoms with van der Waals surface area (Å²) in [5.74, 6) is -0.962. The number of H-pyrrole nitrogens is 1. The quantitative estimate of drug-likeness (QED) is 0.440. The molecule has 134 valence electrons. The second-order valence-electron chi connectivity index (χ2n) is 5.91. The number of hydrogen-bond donors (Lipinski definition) is 1.